The molecule has 106 valence electrons. The lowest BCUT2D eigenvalue weighted by Gasteiger charge is -2.43. The van der Waals surface area contributed by atoms with Crippen LogP contribution in [0.4, 0.5) is 4.39 Å². The van der Waals surface area contributed by atoms with E-state index in [1.165, 1.54) is 12.5 Å². The van der Waals surface area contributed by atoms with Crippen LogP contribution in [0.25, 0.3) is 0 Å². The highest BCUT2D eigenvalue weighted by Crippen LogP contribution is 2.25. The van der Waals surface area contributed by atoms with Crippen molar-refractivity contribution in [1.29, 1.82) is 0 Å². The van der Waals surface area contributed by atoms with Gasteiger partial charge in [-0.05, 0) is 57.4 Å². The summed E-state index contributed by atoms with van der Waals surface area (Å²) >= 11 is 0. The molecular weight excluding hydrogens is 241 g/mol. The third kappa shape index (κ3) is 3.54. The van der Waals surface area contributed by atoms with Crippen LogP contribution < -0.4 is 0 Å². The molecule has 0 amide bonds. The van der Waals surface area contributed by atoms with Gasteiger partial charge >= 0.3 is 0 Å². The number of likely N-dealkylation sites (tertiary alicyclic amines) is 1. The Labute approximate surface area is 115 Å². The molecule has 1 aliphatic heterocycles. The molecule has 2 rings (SSSR count). The van der Waals surface area contributed by atoms with E-state index in [1.54, 1.807) is 19.2 Å². The molecular formula is C16H24FNO. The van der Waals surface area contributed by atoms with Crippen molar-refractivity contribution in [3.63, 3.8) is 0 Å². The normalized spacial score (nSPS) is 24.9. The predicted molar refractivity (Wildman–Crippen MR) is 75.8 cm³/mol. The van der Waals surface area contributed by atoms with Gasteiger partial charge < -0.3 is 4.74 Å². The second-order valence-corrected chi connectivity index (χ2v) is 5.65. The molecule has 0 unspecified atom stereocenters. The summed E-state index contributed by atoms with van der Waals surface area (Å²) in [7, 11) is 1.78. The number of halogens is 1. The quantitative estimate of drug-likeness (QED) is 0.828. The van der Waals surface area contributed by atoms with Gasteiger partial charge in [-0.25, -0.2) is 4.39 Å². The molecule has 3 heteroatoms. The van der Waals surface area contributed by atoms with Gasteiger partial charge in [0.25, 0.3) is 0 Å². The van der Waals surface area contributed by atoms with Crippen LogP contribution >= 0.6 is 0 Å². The van der Waals surface area contributed by atoms with E-state index in [-0.39, 0.29) is 11.9 Å². The Kier molecular flexibility index (Phi) is 4.94. The Balaban J connectivity index is 2.16. The van der Waals surface area contributed by atoms with Gasteiger partial charge in [-0.2, -0.15) is 0 Å². The predicted octanol–water partition coefficient (Wildman–Crippen LogP) is 3.26. The average Bonchev–Trinajstić information content (AvgIpc) is 2.38. The highest BCUT2D eigenvalue weighted by atomic mass is 19.1. The lowest BCUT2D eigenvalue weighted by atomic mass is 9.91. The van der Waals surface area contributed by atoms with Gasteiger partial charge in [0.05, 0.1) is 6.10 Å². The SMILES string of the molecule is CO[C@H]1CCCN(C(C)C)[C@H]1Cc1cccc(F)c1. The molecule has 1 aromatic rings. The molecule has 0 aliphatic carbocycles. The summed E-state index contributed by atoms with van der Waals surface area (Å²) in [4.78, 5) is 2.49. The van der Waals surface area contributed by atoms with Gasteiger partial charge in [0.1, 0.15) is 5.82 Å². The van der Waals surface area contributed by atoms with Gasteiger partial charge in [0, 0.05) is 19.2 Å². The van der Waals surface area contributed by atoms with Gasteiger partial charge in [-0.3, -0.25) is 4.90 Å². The average molecular weight is 265 g/mol. The molecule has 2 nitrogen and oxygen atoms in total. The molecule has 0 saturated carbocycles. The Bertz CT molecular complexity index is 407. The fraction of sp³-hybridized carbons (Fsp3) is 0.625. The molecule has 1 aliphatic rings. The van der Waals surface area contributed by atoms with Crippen molar-refractivity contribution >= 4 is 0 Å². The molecule has 0 aromatic heterocycles. The summed E-state index contributed by atoms with van der Waals surface area (Å²) in [6.45, 7) is 5.55. The largest absolute Gasteiger partial charge is 0.380 e. The van der Waals surface area contributed by atoms with Crippen LogP contribution in [-0.4, -0.2) is 36.7 Å². The van der Waals surface area contributed by atoms with Crippen molar-refractivity contribution in [2.75, 3.05) is 13.7 Å². The van der Waals surface area contributed by atoms with Crippen LogP contribution in [0.3, 0.4) is 0 Å². The van der Waals surface area contributed by atoms with E-state index in [2.05, 4.69) is 18.7 Å². The number of ether oxygens (including phenoxy) is 1. The third-order valence-electron chi connectivity index (χ3n) is 4.06. The second kappa shape index (κ2) is 6.49. The van der Waals surface area contributed by atoms with Crippen LogP contribution in [0.5, 0.6) is 0 Å². The zero-order chi connectivity index (χ0) is 13.8. The zero-order valence-corrected chi connectivity index (χ0v) is 12.1. The van der Waals surface area contributed by atoms with Crippen LogP contribution in [0.1, 0.15) is 32.3 Å². The molecule has 1 fully saturated rings. The van der Waals surface area contributed by atoms with E-state index in [1.807, 2.05) is 6.07 Å². The van der Waals surface area contributed by atoms with Crippen molar-refractivity contribution in [3.8, 4) is 0 Å². The lowest BCUT2D eigenvalue weighted by Crippen LogP contribution is -2.52. The molecule has 1 heterocycles. The Morgan fingerprint density at radius 2 is 2.21 bits per heavy atom. The minimum atomic E-state index is -0.154. The summed E-state index contributed by atoms with van der Waals surface area (Å²) in [6, 6.07) is 7.77. The fourth-order valence-electron chi connectivity index (χ4n) is 3.12. The van der Waals surface area contributed by atoms with Crippen LogP contribution in [0.2, 0.25) is 0 Å². The topological polar surface area (TPSA) is 12.5 Å². The van der Waals surface area contributed by atoms with Crippen LogP contribution in [0.15, 0.2) is 24.3 Å². The van der Waals surface area contributed by atoms with E-state index >= 15 is 0 Å². The molecule has 0 spiro atoms. The van der Waals surface area contributed by atoms with E-state index in [4.69, 9.17) is 4.74 Å². The van der Waals surface area contributed by atoms with Gasteiger partial charge in [-0.15, -0.1) is 0 Å². The van der Waals surface area contributed by atoms with Crippen molar-refractivity contribution in [3.05, 3.63) is 35.6 Å². The number of hydrogen-bond donors (Lipinski definition) is 0. The monoisotopic (exact) mass is 265 g/mol. The van der Waals surface area contributed by atoms with Gasteiger partial charge in [0.15, 0.2) is 0 Å². The van der Waals surface area contributed by atoms with E-state index < -0.39 is 0 Å². The molecule has 1 saturated heterocycles. The van der Waals surface area contributed by atoms with Crippen molar-refractivity contribution < 1.29 is 9.13 Å². The number of rotatable bonds is 4. The number of nitrogens with zero attached hydrogens (tertiary/aromatic N) is 1. The Morgan fingerprint density at radius 3 is 2.84 bits per heavy atom. The minimum Gasteiger partial charge on any atom is -0.380 e. The van der Waals surface area contributed by atoms with Crippen molar-refractivity contribution in [2.24, 2.45) is 0 Å². The first-order chi connectivity index (χ1) is 9.11. The molecule has 1 aromatic carbocycles. The zero-order valence-electron chi connectivity index (χ0n) is 12.1. The standard InChI is InChI=1S/C16H24FNO/c1-12(2)18-9-5-8-16(19-3)15(18)11-13-6-4-7-14(17)10-13/h4,6-7,10,12,15-16H,5,8-9,11H2,1-3H3/t15-,16-/m0/s1. The summed E-state index contributed by atoms with van der Waals surface area (Å²) in [5, 5.41) is 0. The molecule has 0 radical (unpaired) electrons. The number of hydrogen-bond acceptors (Lipinski definition) is 2. The maximum Gasteiger partial charge on any atom is 0.123 e. The minimum absolute atomic E-state index is 0.154. The molecule has 0 bridgehead atoms. The molecule has 2 atom stereocenters. The van der Waals surface area contributed by atoms with E-state index in [0.29, 0.717) is 12.1 Å². The smallest absolute Gasteiger partial charge is 0.123 e. The lowest BCUT2D eigenvalue weighted by molar-refractivity contribution is -0.0305. The first-order valence-corrected chi connectivity index (χ1v) is 7.15. The molecule has 19 heavy (non-hydrogen) atoms. The molecule has 0 N–H and O–H groups in total. The fourth-order valence-corrected chi connectivity index (χ4v) is 3.12. The summed E-state index contributed by atoms with van der Waals surface area (Å²) in [6.07, 6.45) is 3.38. The van der Waals surface area contributed by atoms with Crippen LogP contribution in [0, 0.1) is 5.82 Å². The maximum absolute atomic E-state index is 13.3. The third-order valence-corrected chi connectivity index (χ3v) is 4.06. The second-order valence-electron chi connectivity index (χ2n) is 5.65. The first kappa shape index (κ1) is 14.5. The van der Waals surface area contributed by atoms with Gasteiger partial charge in [0.2, 0.25) is 0 Å². The Morgan fingerprint density at radius 1 is 1.42 bits per heavy atom. The first-order valence-electron chi connectivity index (χ1n) is 7.15. The van der Waals surface area contributed by atoms with Crippen molar-refractivity contribution in [1.82, 2.24) is 4.90 Å². The highest BCUT2D eigenvalue weighted by molar-refractivity contribution is 5.18. The van der Waals surface area contributed by atoms with Crippen molar-refractivity contribution in [2.45, 2.75) is 51.3 Å². The number of methoxy groups -OCH3 is 1. The highest BCUT2D eigenvalue weighted by Gasteiger charge is 2.32. The summed E-state index contributed by atoms with van der Waals surface area (Å²) < 4.78 is 19.0. The number of benzene rings is 1. The van der Waals surface area contributed by atoms with E-state index in [0.717, 1.165) is 24.9 Å². The van der Waals surface area contributed by atoms with Crippen LogP contribution in [-0.2, 0) is 11.2 Å². The Hall–Kier alpha value is -0.930. The summed E-state index contributed by atoms with van der Waals surface area (Å²) in [5.74, 6) is -0.154. The van der Waals surface area contributed by atoms with Gasteiger partial charge in [-0.1, -0.05) is 12.1 Å². The maximum atomic E-state index is 13.3. The number of piperidine rings is 1. The summed E-state index contributed by atoms with van der Waals surface area (Å²) in [5.41, 5.74) is 1.06. The van der Waals surface area contributed by atoms with E-state index in [9.17, 15) is 4.39 Å².